The van der Waals surface area contributed by atoms with Crippen LogP contribution in [-0.4, -0.2) is 17.8 Å². The van der Waals surface area contributed by atoms with E-state index in [9.17, 15) is 9.50 Å². The second-order valence-corrected chi connectivity index (χ2v) is 4.26. The second-order valence-electron chi connectivity index (χ2n) is 3.85. The topological polar surface area (TPSA) is 32.3 Å². The van der Waals surface area contributed by atoms with E-state index in [1.165, 1.54) is 12.1 Å². The van der Waals surface area contributed by atoms with E-state index in [1.54, 1.807) is 6.07 Å². The fraction of sp³-hybridized carbons (Fsp3) is 0.455. The van der Waals surface area contributed by atoms with Gasteiger partial charge in [-0.1, -0.05) is 17.7 Å². The SMILES string of the molecule is OCC(NC1CC1)c1ccc(Cl)c(F)c1. The molecule has 0 heterocycles. The zero-order valence-corrected chi connectivity index (χ0v) is 8.97. The average Bonchev–Trinajstić information content (AvgIpc) is 3.02. The molecule has 0 aliphatic heterocycles. The van der Waals surface area contributed by atoms with Crippen LogP contribution in [0.4, 0.5) is 4.39 Å². The van der Waals surface area contributed by atoms with Gasteiger partial charge >= 0.3 is 0 Å². The summed E-state index contributed by atoms with van der Waals surface area (Å²) >= 11 is 5.59. The third kappa shape index (κ3) is 2.68. The number of aliphatic hydroxyl groups excluding tert-OH is 1. The lowest BCUT2D eigenvalue weighted by molar-refractivity contribution is 0.243. The number of halogens is 2. The van der Waals surface area contributed by atoms with Crippen molar-refractivity contribution in [2.75, 3.05) is 6.61 Å². The first-order valence-electron chi connectivity index (χ1n) is 5.02. The number of nitrogens with one attached hydrogen (secondary N) is 1. The first kappa shape index (κ1) is 10.9. The van der Waals surface area contributed by atoms with Gasteiger partial charge in [0.05, 0.1) is 17.7 Å². The number of benzene rings is 1. The molecule has 2 nitrogen and oxygen atoms in total. The maximum atomic E-state index is 13.2. The predicted molar refractivity (Wildman–Crippen MR) is 57.4 cm³/mol. The van der Waals surface area contributed by atoms with Crippen molar-refractivity contribution in [2.45, 2.75) is 24.9 Å². The van der Waals surface area contributed by atoms with Crippen molar-refractivity contribution in [3.8, 4) is 0 Å². The number of rotatable bonds is 4. The Bertz CT molecular complexity index is 354. The Kier molecular flexibility index (Phi) is 3.24. The van der Waals surface area contributed by atoms with Crippen LogP contribution in [0.3, 0.4) is 0 Å². The first-order valence-corrected chi connectivity index (χ1v) is 5.40. The molecule has 1 saturated carbocycles. The third-order valence-electron chi connectivity index (χ3n) is 2.54. The van der Waals surface area contributed by atoms with Gasteiger partial charge in [0.25, 0.3) is 0 Å². The molecule has 15 heavy (non-hydrogen) atoms. The summed E-state index contributed by atoms with van der Waals surface area (Å²) < 4.78 is 13.2. The molecule has 0 amide bonds. The molecule has 0 aromatic heterocycles. The van der Waals surface area contributed by atoms with Crippen molar-refractivity contribution < 1.29 is 9.50 Å². The molecule has 1 atom stereocenters. The molecule has 0 bridgehead atoms. The highest BCUT2D eigenvalue weighted by Gasteiger charge is 2.25. The number of hydrogen-bond donors (Lipinski definition) is 2. The van der Waals surface area contributed by atoms with E-state index in [4.69, 9.17) is 11.6 Å². The highest BCUT2D eigenvalue weighted by atomic mass is 35.5. The van der Waals surface area contributed by atoms with E-state index in [0.717, 1.165) is 18.4 Å². The van der Waals surface area contributed by atoms with Gasteiger partial charge in [-0.2, -0.15) is 0 Å². The standard InChI is InChI=1S/C11H13ClFNO/c12-9-4-1-7(5-10(9)13)11(6-15)14-8-2-3-8/h1,4-5,8,11,14-15H,2-3,6H2. The summed E-state index contributed by atoms with van der Waals surface area (Å²) in [6, 6.07) is 4.91. The van der Waals surface area contributed by atoms with Gasteiger partial charge in [-0.05, 0) is 30.5 Å². The Morgan fingerprint density at radius 1 is 1.53 bits per heavy atom. The van der Waals surface area contributed by atoms with Crippen LogP contribution >= 0.6 is 11.6 Å². The number of hydrogen-bond acceptors (Lipinski definition) is 2. The van der Waals surface area contributed by atoms with Crippen molar-refractivity contribution in [3.05, 3.63) is 34.6 Å². The Labute approximate surface area is 93.1 Å². The van der Waals surface area contributed by atoms with Gasteiger partial charge in [-0.15, -0.1) is 0 Å². The summed E-state index contributed by atoms with van der Waals surface area (Å²) in [6.45, 7) is -0.0302. The summed E-state index contributed by atoms with van der Waals surface area (Å²) in [7, 11) is 0. The van der Waals surface area contributed by atoms with Crippen LogP contribution in [-0.2, 0) is 0 Å². The average molecular weight is 230 g/mol. The maximum absolute atomic E-state index is 13.2. The molecule has 0 saturated heterocycles. The minimum absolute atomic E-state index is 0.0302. The van der Waals surface area contributed by atoms with E-state index in [-0.39, 0.29) is 17.7 Å². The van der Waals surface area contributed by atoms with Gasteiger partial charge in [-0.25, -0.2) is 4.39 Å². The summed E-state index contributed by atoms with van der Waals surface area (Å²) in [6.07, 6.45) is 2.26. The van der Waals surface area contributed by atoms with E-state index in [1.807, 2.05) is 0 Å². The van der Waals surface area contributed by atoms with E-state index < -0.39 is 5.82 Å². The van der Waals surface area contributed by atoms with Crippen molar-refractivity contribution in [2.24, 2.45) is 0 Å². The second kappa shape index (κ2) is 4.47. The van der Waals surface area contributed by atoms with Crippen LogP contribution in [0.25, 0.3) is 0 Å². The van der Waals surface area contributed by atoms with Crippen molar-refractivity contribution >= 4 is 11.6 Å². The molecule has 0 spiro atoms. The molecule has 1 aromatic rings. The van der Waals surface area contributed by atoms with Crippen LogP contribution in [0.2, 0.25) is 5.02 Å². The predicted octanol–water partition coefficient (Wildman–Crippen LogP) is 2.26. The zero-order chi connectivity index (χ0) is 10.8. The van der Waals surface area contributed by atoms with E-state index in [2.05, 4.69) is 5.32 Å². The Morgan fingerprint density at radius 3 is 2.80 bits per heavy atom. The Morgan fingerprint density at radius 2 is 2.27 bits per heavy atom. The van der Waals surface area contributed by atoms with Crippen molar-refractivity contribution in [1.82, 2.24) is 5.32 Å². The van der Waals surface area contributed by atoms with Gasteiger partial charge in [0, 0.05) is 6.04 Å². The highest BCUT2D eigenvalue weighted by molar-refractivity contribution is 6.30. The largest absolute Gasteiger partial charge is 0.394 e. The van der Waals surface area contributed by atoms with Gasteiger partial charge in [0.1, 0.15) is 5.82 Å². The zero-order valence-electron chi connectivity index (χ0n) is 8.21. The smallest absolute Gasteiger partial charge is 0.142 e. The van der Waals surface area contributed by atoms with E-state index >= 15 is 0 Å². The van der Waals surface area contributed by atoms with Crippen LogP contribution < -0.4 is 5.32 Å². The monoisotopic (exact) mass is 229 g/mol. The molecule has 1 unspecified atom stereocenters. The molecule has 1 aliphatic carbocycles. The number of aliphatic hydroxyl groups is 1. The van der Waals surface area contributed by atoms with Crippen LogP contribution in [0.5, 0.6) is 0 Å². The minimum atomic E-state index is -0.440. The first-order chi connectivity index (χ1) is 7.20. The van der Waals surface area contributed by atoms with Gasteiger partial charge in [0.2, 0.25) is 0 Å². The summed E-state index contributed by atoms with van der Waals surface area (Å²) in [5, 5.41) is 12.6. The molecule has 1 aliphatic rings. The maximum Gasteiger partial charge on any atom is 0.142 e. The van der Waals surface area contributed by atoms with Crippen LogP contribution in [0.15, 0.2) is 18.2 Å². The molecule has 2 rings (SSSR count). The Balaban J connectivity index is 2.13. The highest BCUT2D eigenvalue weighted by Crippen LogP contribution is 2.25. The van der Waals surface area contributed by atoms with Gasteiger partial charge in [-0.3, -0.25) is 0 Å². The van der Waals surface area contributed by atoms with Gasteiger partial charge < -0.3 is 10.4 Å². The summed E-state index contributed by atoms with van der Waals surface area (Å²) in [4.78, 5) is 0. The molecule has 4 heteroatoms. The lowest BCUT2D eigenvalue weighted by atomic mass is 10.1. The Hall–Kier alpha value is -0.640. The molecule has 2 N–H and O–H groups in total. The van der Waals surface area contributed by atoms with Crippen molar-refractivity contribution in [3.63, 3.8) is 0 Å². The molecule has 82 valence electrons. The molecular formula is C11H13ClFNO. The molecule has 1 fully saturated rings. The van der Waals surface area contributed by atoms with Gasteiger partial charge in [0.15, 0.2) is 0 Å². The van der Waals surface area contributed by atoms with E-state index in [0.29, 0.717) is 6.04 Å². The summed E-state index contributed by atoms with van der Waals surface area (Å²) in [5.74, 6) is -0.440. The minimum Gasteiger partial charge on any atom is -0.394 e. The lowest BCUT2D eigenvalue weighted by Gasteiger charge is -2.16. The molecule has 0 radical (unpaired) electrons. The van der Waals surface area contributed by atoms with Crippen LogP contribution in [0.1, 0.15) is 24.4 Å². The summed E-state index contributed by atoms with van der Waals surface area (Å²) in [5.41, 5.74) is 0.742. The lowest BCUT2D eigenvalue weighted by Crippen LogP contribution is -2.26. The molecular weight excluding hydrogens is 217 g/mol. The fourth-order valence-corrected chi connectivity index (χ4v) is 1.64. The van der Waals surface area contributed by atoms with Crippen LogP contribution in [0, 0.1) is 5.82 Å². The van der Waals surface area contributed by atoms with Crippen molar-refractivity contribution in [1.29, 1.82) is 0 Å². The molecule has 1 aromatic carbocycles. The third-order valence-corrected chi connectivity index (χ3v) is 2.85. The fourth-order valence-electron chi connectivity index (χ4n) is 1.52. The normalized spacial score (nSPS) is 17.8. The quantitative estimate of drug-likeness (QED) is 0.830.